The summed E-state index contributed by atoms with van der Waals surface area (Å²) < 4.78 is 15.8. The van der Waals surface area contributed by atoms with Crippen molar-refractivity contribution in [3.63, 3.8) is 0 Å². The zero-order valence-corrected chi connectivity index (χ0v) is 13.8. The molecule has 0 spiro atoms. The van der Waals surface area contributed by atoms with Crippen LogP contribution in [0, 0.1) is 12.7 Å². The Morgan fingerprint density at radius 3 is 2.26 bits per heavy atom. The number of nitrogens with zero attached hydrogens (tertiary/aromatic N) is 1. The number of hydrogen-bond acceptors (Lipinski definition) is 1. The molecule has 0 saturated carbocycles. The summed E-state index contributed by atoms with van der Waals surface area (Å²) >= 11 is 3.37. The number of carboxylic acid groups (broad SMARTS) is 1. The van der Waals surface area contributed by atoms with Crippen LogP contribution in [0.4, 0.5) is 4.39 Å². The maximum atomic E-state index is 13.1. The number of aromatic nitrogens is 1. The number of rotatable bonds is 3. The number of carbonyl (C=O) groups is 1. The normalized spacial score (nSPS) is 10.7. The molecule has 23 heavy (non-hydrogen) atoms. The summed E-state index contributed by atoms with van der Waals surface area (Å²) in [6.45, 7) is 1.75. The van der Waals surface area contributed by atoms with Crippen LogP contribution in [-0.4, -0.2) is 15.6 Å². The van der Waals surface area contributed by atoms with Gasteiger partial charge in [0.15, 0.2) is 0 Å². The minimum atomic E-state index is -0.985. The van der Waals surface area contributed by atoms with Gasteiger partial charge in [-0.1, -0.05) is 28.1 Å². The van der Waals surface area contributed by atoms with E-state index in [2.05, 4.69) is 15.9 Å². The fourth-order valence-corrected chi connectivity index (χ4v) is 2.86. The quantitative estimate of drug-likeness (QED) is 0.697. The second-order valence-electron chi connectivity index (χ2n) is 5.16. The lowest BCUT2D eigenvalue weighted by Crippen LogP contribution is -2.02. The average molecular weight is 374 g/mol. The summed E-state index contributed by atoms with van der Waals surface area (Å²) in [6.07, 6.45) is 1.77. The topological polar surface area (TPSA) is 42.2 Å². The monoisotopic (exact) mass is 373 g/mol. The van der Waals surface area contributed by atoms with Crippen LogP contribution in [-0.2, 0) is 0 Å². The second kappa shape index (κ2) is 6.01. The lowest BCUT2D eigenvalue weighted by atomic mass is 10.0. The third kappa shape index (κ3) is 2.92. The van der Waals surface area contributed by atoms with Gasteiger partial charge in [-0.25, -0.2) is 9.18 Å². The van der Waals surface area contributed by atoms with Crippen LogP contribution in [0.5, 0.6) is 0 Å². The van der Waals surface area contributed by atoms with Gasteiger partial charge in [0.1, 0.15) is 5.82 Å². The predicted molar refractivity (Wildman–Crippen MR) is 90.6 cm³/mol. The molecule has 0 atom stereocenters. The van der Waals surface area contributed by atoms with Crippen LogP contribution < -0.4 is 0 Å². The van der Waals surface area contributed by atoms with Crippen molar-refractivity contribution < 1.29 is 14.3 Å². The summed E-state index contributed by atoms with van der Waals surface area (Å²) in [6, 6.07) is 13.4. The third-order valence-electron chi connectivity index (χ3n) is 3.72. The van der Waals surface area contributed by atoms with E-state index in [4.69, 9.17) is 0 Å². The van der Waals surface area contributed by atoms with E-state index in [0.717, 1.165) is 15.7 Å². The minimum Gasteiger partial charge on any atom is -0.478 e. The van der Waals surface area contributed by atoms with E-state index < -0.39 is 5.97 Å². The lowest BCUT2D eigenvalue weighted by Gasteiger charge is -2.06. The summed E-state index contributed by atoms with van der Waals surface area (Å²) in [4.78, 5) is 11.7. The maximum Gasteiger partial charge on any atom is 0.338 e. The fourth-order valence-electron chi connectivity index (χ4n) is 2.59. The molecule has 1 N–H and O–H groups in total. The zero-order chi connectivity index (χ0) is 16.6. The van der Waals surface area contributed by atoms with Gasteiger partial charge in [0.25, 0.3) is 0 Å². The Kier molecular flexibility index (Phi) is 4.05. The molecule has 0 aliphatic heterocycles. The van der Waals surface area contributed by atoms with Gasteiger partial charge < -0.3 is 9.67 Å². The van der Waals surface area contributed by atoms with Gasteiger partial charge in [0.05, 0.1) is 5.56 Å². The number of carboxylic acids is 1. The third-order valence-corrected chi connectivity index (χ3v) is 4.25. The first-order valence-electron chi connectivity index (χ1n) is 6.94. The SMILES string of the molecule is Cc1c(C(=O)O)c(-c2ccc(Br)cc2)cn1-c1ccc(F)cc1. The van der Waals surface area contributed by atoms with E-state index in [1.165, 1.54) is 12.1 Å². The standard InChI is InChI=1S/C18H13BrFNO2/c1-11-17(18(22)23)16(12-2-4-13(19)5-3-12)10-21(11)15-8-6-14(20)7-9-15/h2-10H,1H3,(H,22,23). The molecular formula is C18H13BrFNO2. The Bertz CT molecular complexity index is 867. The molecule has 0 bridgehead atoms. The van der Waals surface area contributed by atoms with Gasteiger partial charge in [-0.3, -0.25) is 0 Å². The molecular weight excluding hydrogens is 361 g/mol. The maximum absolute atomic E-state index is 13.1. The number of hydrogen-bond donors (Lipinski definition) is 1. The van der Waals surface area contributed by atoms with E-state index in [0.29, 0.717) is 11.3 Å². The van der Waals surface area contributed by atoms with Crippen molar-refractivity contribution in [1.29, 1.82) is 0 Å². The van der Waals surface area contributed by atoms with Crippen molar-refractivity contribution in [2.75, 3.05) is 0 Å². The second-order valence-corrected chi connectivity index (χ2v) is 6.08. The van der Waals surface area contributed by atoms with Gasteiger partial charge in [-0.05, 0) is 48.9 Å². The van der Waals surface area contributed by atoms with Gasteiger partial charge in [0, 0.05) is 27.6 Å². The molecule has 0 aliphatic carbocycles. The molecule has 1 aromatic heterocycles. The van der Waals surface area contributed by atoms with Crippen LogP contribution in [0.25, 0.3) is 16.8 Å². The highest BCUT2D eigenvalue weighted by Crippen LogP contribution is 2.31. The molecule has 116 valence electrons. The zero-order valence-electron chi connectivity index (χ0n) is 12.3. The summed E-state index contributed by atoms with van der Waals surface area (Å²) in [5.74, 6) is -1.31. The van der Waals surface area contributed by atoms with E-state index >= 15 is 0 Å². The first-order chi connectivity index (χ1) is 11.0. The van der Waals surface area contributed by atoms with Crippen LogP contribution in [0.3, 0.4) is 0 Å². The largest absolute Gasteiger partial charge is 0.478 e. The number of halogens is 2. The van der Waals surface area contributed by atoms with Crippen molar-refractivity contribution in [2.24, 2.45) is 0 Å². The van der Waals surface area contributed by atoms with Crippen molar-refractivity contribution >= 4 is 21.9 Å². The smallest absolute Gasteiger partial charge is 0.338 e. The van der Waals surface area contributed by atoms with Crippen molar-refractivity contribution in [1.82, 2.24) is 4.57 Å². The number of aromatic carboxylic acids is 1. The van der Waals surface area contributed by atoms with Gasteiger partial charge in [-0.15, -0.1) is 0 Å². The molecule has 3 aromatic rings. The van der Waals surface area contributed by atoms with Gasteiger partial charge in [0.2, 0.25) is 0 Å². The molecule has 0 radical (unpaired) electrons. The lowest BCUT2D eigenvalue weighted by molar-refractivity contribution is 0.0697. The Labute approximate surface area is 141 Å². The Balaban J connectivity index is 2.20. The highest BCUT2D eigenvalue weighted by molar-refractivity contribution is 9.10. The Hall–Kier alpha value is -2.40. The first-order valence-corrected chi connectivity index (χ1v) is 7.74. The summed E-state index contributed by atoms with van der Waals surface area (Å²) in [7, 11) is 0. The predicted octanol–water partition coefficient (Wildman–Crippen LogP) is 5.05. The van der Waals surface area contributed by atoms with Gasteiger partial charge >= 0.3 is 5.97 Å². The van der Waals surface area contributed by atoms with Crippen LogP contribution >= 0.6 is 15.9 Å². The van der Waals surface area contributed by atoms with Crippen LogP contribution in [0.15, 0.2) is 59.2 Å². The van der Waals surface area contributed by atoms with E-state index in [9.17, 15) is 14.3 Å². The molecule has 0 amide bonds. The average Bonchev–Trinajstić information content (AvgIpc) is 2.86. The first kappa shape index (κ1) is 15.5. The van der Waals surface area contributed by atoms with Crippen molar-refractivity contribution in [3.8, 4) is 16.8 Å². The van der Waals surface area contributed by atoms with E-state index in [1.807, 2.05) is 24.3 Å². The van der Waals surface area contributed by atoms with Gasteiger partial charge in [-0.2, -0.15) is 0 Å². The summed E-state index contributed by atoms with van der Waals surface area (Å²) in [5, 5.41) is 9.58. The minimum absolute atomic E-state index is 0.247. The molecule has 3 rings (SSSR count). The van der Waals surface area contributed by atoms with Crippen molar-refractivity contribution in [3.05, 3.63) is 76.3 Å². The highest BCUT2D eigenvalue weighted by atomic mass is 79.9. The van der Waals surface area contributed by atoms with Crippen molar-refractivity contribution in [2.45, 2.75) is 6.92 Å². The molecule has 0 fully saturated rings. The molecule has 3 nitrogen and oxygen atoms in total. The molecule has 0 aliphatic rings. The van der Waals surface area contributed by atoms with Crippen LogP contribution in [0.1, 0.15) is 16.1 Å². The molecule has 1 heterocycles. The van der Waals surface area contributed by atoms with Crippen LogP contribution in [0.2, 0.25) is 0 Å². The highest BCUT2D eigenvalue weighted by Gasteiger charge is 2.20. The van der Waals surface area contributed by atoms with E-state index in [-0.39, 0.29) is 11.4 Å². The summed E-state index contributed by atoms with van der Waals surface area (Å²) in [5.41, 5.74) is 3.01. The fraction of sp³-hybridized carbons (Fsp3) is 0.0556. The molecule has 2 aromatic carbocycles. The Morgan fingerprint density at radius 1 is 1.09 bits per heavy atom. The Morgan fingerprint density at radius 2 is 1.70 bits per heavy atom. The molecule has 0 saturated heterocycles. The van der Waals surface area contributed by atoms with E-state index in [1.54, 1.807) is 29.8 Å². The molecule has 5 heteroatoms. The molecule has 0 unspecified atom stereocenters. The number of benzene rings is 2.